The molecule has 38 heavy (non-hydrogen) atoms. The first-order valence-corrected chi connectivity index (χ1v) is 14.8. The number of hydrogen-bond acceptors (Lipinski definition) is 6. The van der Waals surface area contributed by atoms with Crippen molar-refractivity contribution < 1.29 is 23.8 Å². The first-order chi connectivity index (χ1) is 18.1. The van der Waals surface area contributed by atoms with Crippen LogP contribution in [0.25, 0.3) is 10.9 Å². The van der Waals surface area contributed by atoms with E-state index in [1.807, 2.05) is 37.7 Å². The fourth-order valence-electron chi connectivity index (χ4n) is 5.08. The number of ketones is 1. The van der Waals surface area contributed by atoms with Crippen LogP contribution < -0.4 is 0 Å². The molecule has 210 valence electrons. The molecule has 8 nitrogen and oxygen atoms in total. The first kappa shape index (κ1) is 29.3. The Hall–Kier alpha value is -1.68. The minimum atomic E-state index is -0.553. The number of carbonyl (C=O) groups excluding carboxylic acids is 2. The molecule has 0 saturated carbocycles. The second-order valence-electron chi connectivity index (χ2n) is 11.3. The van der Waals surface area contributed by atoms with Crippen LogP contribution in [0.5, 0.6) is 0 Å². The molecule has 4 rings (SSSR count). The molecule has 0 N–H and O–H groups in total. The zero-order valence-electron chi connectivity index (χ0n) is 22.6. The molecule has 2 aliphatic heterocycles. The van der Waals surface area contributed by atoms with E-state index in [1.54, 1.807) is 4.90 Å². The molecule has 2 unspecified atom stereocenters. The van der Waals surface area contributed by atoms with Gasteiger partial charge in [-0.1, -0.05) is 11.6 Å². The van der Waals surface area contributed by atoms with E-state index in [4.69, 9.17) is 25.8 Å². The third-order valence-corrected chi connectivity index (χ3v) is 8.20. The standard InChI is InChI=1S/C28H39BrClN3O5/c1-28(2,3)38-27(35)32-11-13-36-18-19(17-32)14-20(34)8-4-5-9-21-23(30)15-24-22(26(21)29)16-31-33(24)25-10-6-7-12-37-25/h15-16,19,25H,4-14,17-18H2,1-3H3. The topological polar surface area (TPSA) is 82.9 Å². The van der Waals surface area contributed by atoms with Crippen molar-refractivity contribution in [3.63, 3.8) is 0 Å². The van der Waals surface area contributed by atoms with Crippen molar-refractivity contribution in [2.75, 3.05) is 32.9 Å². The number of hydrogen-bond donors (Lipinski definition) is 0. The highest BCUT2D eigenvalue weighted by Crippen LogP contribution is 2.36. The number of aromatic nitrogens is 2. The second-order valence-corrected chi connectivity index (χ2v) is 12.5. The molecule has 1 aromatic carbocycles. The fourth-order valence-corrected chi connectivity index (χ4v) is 6.20. The molecule has 2 saturated heterocycles. The highest BCUT2D eigenvalue weighted by atomic mass is 79.9. The Kier molecular flexibility index (Phi) is 10.1. The van der Waals surface area contributed by atoms with E-state index in [0.717, 1.165) is 66.1 Å². The van der Waals surface area contributed by atoms with Gasteiger partial charge in [-0.05, 0) is 86.9 Å². The molecule has 2 aromatic rings. The van der Waals surface area contributed by atoms with Crippen LogP contribution in [0, 0.1) is 5.92 Å². The molecule has 2 aliphatic rings. The van der Waals surface area contributed by atoms with Crippen LogP contribution in [0.1, 0.15) is 77.5 Å². The molecule has 0 radical (unpaired) electrons. The van der Waals surface area contributed by atoms with Gasteiger partial charge in [0.1, 0.15) is 11.4 Å². The lowest BCUT2D eigenvalue weighted by molar-refractivity contribution is -0.120. The highest BCUT2D eigenvalue weighted by Gasteiger charge is 2.28. The van der Waals surface area contributed by atoms with Crippen molar-refractivity contribution >= 4 is 50.3 Å². The van der Waals surface area contributed by atoms with Crippen LogP contribution in [0.3, 0.4) is 0 Å². The monoisotopic (exact) mass is 611 g/mol. The van der Waals surface area contributed by atoms with Crippen LogP contribution in [0.2, 0.25) is 5.02 Å². The third kappa shape index (κ3) is 7.71. The normalized spacial score (nSPS) is 20.9. The maximum absolute atomic E-state index is 12.8. The van der Waals surface area contributed by atoms with Gasteiger partial charge in [0.05, 0.1) is 24.9 Å². The molecule has 0 bridgehead atoms. The Balaban J connectivity index is 1.27. The lowest BCUT2D eigenvalue weighted by Gasteiger charge is -2.27. The first-order valence-electron chi connectivity index (χ1n) is 13.7. The quantitative estimate of drug-likeness (QED) is 0.308. The van der Waals surface area contributed by atoms with Gasteiger partial charge in [0, 0.05) is 53.3 Å². The fraction of sp³-hybridized carbons (Fsp3) is 0.679. The van der Waals surface area contributed by atoms with Crippen molar-refractivity contribution in [3.05, 3.63) is 27.3 Å². The van der Waals surface area contributed by atoms with Crippen LogP contribution >= 0.6 is 27.5 Å². The van der Waals surface area contributed by atoms with Crippen molar-refractivity contribution in [1.82, 2.24) is 14.7 Å². The minimum absolute atomic E-state index is 0.0202. The number of halogens is 2. The summed E-state index contributed by atoms with van der Waals surface area (Å²) in [5.41, 5.74) is 1.46. The summed E-state index contributed by atoms with van der Waals surface area (Å²) in [6, 6.07) is 1.98. The van der Waals surface area contributed by atoms with Crippen molar-refractivity contribution in [3.8, 4) is 0 Å². The van der Waals surface area contributed by atoms with Gasteiger partial charge in [-0.15, -0.1) is 0 Å². The molecule has 1 amide bonds. The zero-order valence-corrected chi connectivity index (χ0v) is 25.0. The van der Waals surface area contributed by atoms with Crippen LogP contribution in [0.15, 0.2) is 16.7 Å². The summed E-state index contributed by atoms with van der Waals surface area (Å²) in [5.74, 6) is 0.173. The number of Topliss-reactive ketones (excluding diaryl/α,β-unsaturated/α-hetero) is 1. The Morgan fingerprint density at radius 2 is 2.05 bits per heavy atom. The summed E-state index contributed by atoms with van der Waals surface area (Å²) in [6.07, 6.45) is 7.94. The van der Waals surface area contributed by atoms with Gasteiger partial charge < -0.3 is 19.1 Å². The van der Waals surface area contributed by atoms with E-state index in [2.05, 4.69) is 21.0 Å². The van der Waals surface area contributed by atoms with Gasteiger partial charge in [0.25, 0.3) is 0 Å². The summed E-state index contributed by atoms with van der Waals surface area (Å²) in [7, 11) is 0. The third-order valence-electron chi connectivity index (χ3n) is 6.95. The lowest BCUT2D eigenvalue weighted by atomic mass is 9.98. The van der Waals surface area contributed by atoms with Gasteiger partial charge >= 0.3 is 6.09 Å². The largest absolute Gasteiger partial charge is 0.444 e. The predicted octanol–water partition coefficient (Wildman–Crippen LogP) is 6.71. The summed E-state index contributed by atoms with van der Waals surface area (Å²) >= 11 is 10.5. The van der Waals surface area contributed by atoms with Crippen molar-refractivity contribution in [2.24, 2.45) is 5.92 Å². The maximum atomic E-state index is 12.8. The summed E-state index contributed by atoms with van der Waals surface area (Å²) in [5, 5.41) is 6.32. The van der Waals surface area contributed by atoms with E-state index in [9.17, 15) is 9.59 Å². The highest BCUT2D eigenvalue weighted by molar-refractivity contribution is 9.10. The van der Waals surface area contributed by atoms with Gasteiger partial charge in [-0.3, -0.25) is 4.79 Å². The maximum Gasteiger partial charge on any atom is 0.410 e. The molecular formula is C28H39BrClN3O5. The Bertz CT molecular complexity index is 1130. The van der Waals surface area contributed by atoms with E-state index >= 15 is 0 Å². The van der Waals surface area contributed by atoms with Crippen LogP contribution in [-0.4, -0.2) is 65.1 Å². The van der Waals surface area contributed by atoms with Crippen LogP contribution in [0.4, 0.5) is 4.79 Å². The van der Waals surface area contributed by atoms with Crippen molar-refractivity contribution in [1.29, 1.82) is 0 Å². The van der Waals surface area contributed by atoms with E-state index in [1.165, 1.54) is 0 Å². The molecule has 10 heteroatoms. The van der Waals surface area contributed by atoms with E-state index in [0.29, 0.717) is 44.2 Å². The number of carbonyl (C=O) groups is 2. The molecule has 3 heterocycles. The van der Waals surface area contributed by atoms with Gasteiger partial charge in [0.2, 0.25) is 0 Å². The number of fused-ring (bicyclic) bond motifs is 1. The molecule has 1 aromatic heterocycles. The number of benzene rings is 1. The summed E-state index contributed by atoms with van der Waals surface area (Å²) < 4.78 is 20.0. The van der Waals surface area contributed by atoms with E-state index < -0.39 is 5.60 Å². The second kappa shape index (κ2) is 13.1. The average Bonchev–Trinajstić information content (AvgIpc) is 3.14. The molecule has 0 spiro atoms. The van der Waals surface area contributed by atoms with Crippen molar-refractivity contribution in [2.45, 2.75) is 84.0 Å². The zero-order chi connectivity index (χ0) is 27.3. The number of unbranched alkanes of at least 4 members (excludes halogenated alkanes) is 1. The number of ether oxygens (including phenoxy) is 3. The smallest absolute Gasteiger partial charge is 0.410 e. The van der Waals surface area contributed by atoms with Gasteiger partial charge in [-0.2, -0.15) is 5.10 Å². The molecule has 0 aliphatic carbocycles. The lowest BCUT2D eigenvalue weighted by Crippen LogP contribution is -2.40. The van der Waals surface area contributed by atoms with Crippen LogP contribution in [-0.2, 0) is 25.4 Å². The Morgan fingerprint density at radius 1 is 1.24 bits per heavy atom. The van der Waals surface area contributed by atoms with Gasteiger partial charge in [0.15, 0.2) is 6.23 Å². The predicted molar refractivity (Wildman–Crippen MR) is 151 cm³/mol. The SMILES string of the molecule is CC(C)(C)OC(=O)N1CCOCC(CC(=O)CCCCc2c(Cl)cc3c(cnn3C3CCCCO3)c2Br)C1. The molecule has 2 fully saturated rings. The summed E-state index contributed by atoms with van der Waals surface area (Å²) in [4.78, 5) is 26.9. The summed E-state index contributed by atoms with van der Waals surface area (Å²) in [6.45, 7) is 8.20. The Labute approximate surface area is 238 Å². The Morgan fingerprint density at radius 3 is 2.79 bits per heavy atom. The number of amides is 1. The minimum Gasteiger partial charge on any atom is -0.444 e. The van der Waals surface area contributed by atoms with Gasteiger partial charge in [-0.25, -0.2) is 9.48 Å². The molecular weight excluding hydrogens is 574 g/mol. The van der Waals surface area contributed by atoms with E-state index in [-0.39, 0.29) is 24.0 Å². The number of rotatable bonds is 8. The average molecular weight is 613 g/mol. The molecule has 2 atom stereocenters. The number of nitrogens with zero attached hydrogens (tertiary/aromatic N) is 3.